The minimum Gasteiger partial charge on any atom is -0.326 e. The van der Waals surface area contributed by atoms with Gasteiger partial charge >= 0.3 is 0 Å². The number of aryl methyl sites for hydroxylation is 2. The van der Waals surface area contributed by atoms with Crippen molar-refractivity contribution < 1.29 is 13.2 Å². The molecule has 0 fully saturated rings. The number of sulfonamides is 1. The van der Waals surface area contributed by atoms with E-state index in [1.54, 1.807) is 24.3 Å². The molecule has 6 heteroatoms. The normalized spacial score (nSPS) is 14.5. The minimum atomic E-state index is -3.65. The van der Waals surface area contributed by atoms with Gasteiger partial charge in [-0.25, -0.2) is 8.42 Å². The van der Waals surface area contributed by atoms with Crippen molar-refractivity contribution in [2.24, 2.45) is 0 Å². The zero-order chi connectivity index (χ0) is 17.2. The highest BCUT2D eigenvalue weighted by molar-refractivity contribution is 7.92. The van der Waals surface area contributed by atoms with E-state index < -0.39 is 10.0 Å². The third-order valence-electron chi connectivity index (χ3n) is 4.13. The van der Waals surface area contributed by atoms with Gasteiger partial charge in [0.25, 0.3) is 10.0 Å². The number of hydrogen-bond acceptors (Lipinski definition) is 3. The molecule has 2 aromatic rings. The zero-order valence-electron chi connectivity index (χ0n) is 13.5. The van der Waals surface area contributed by atoms with E-state index in [0.717, 1.165) is 17.5 Å². The van der Waals surface area contributed by atoms with Crippen LogP contribution in [0.4, 0.5) is 11.4 Å². The van der Waals surface area contributed by atoms with Crippen molar-refractivity contribution in [2.75, 3.05) is 10.0 Å². The van der Waals surface area contributed by atoms with Gasteiger partial charge in [-0.1, -0.05) is 19.1 Å². The molecule has 0 aliphatic carbocycles. The number of benzene rings is 2. The summed E-state index contributed by atoms with van der Waals surface area (Å²) in [5, 5.41) is 2.81. The van der Waals surface area contributed by atoms with Crippen molar-refractivity contribution in [3.63, 3.8) is 0 Å². The molecule has 5 nitrogen and oxygen atoms in total. The number of rotatable bonds is 4. The van der Waals surface area contributed by atoms with Crippen molar-refractivity contribution in [3.05, 3.63) is 53.6 Å². The monoisotopic (exact) mass is 344 g/mol. The molecule has 0 spiro atoms. The average molecular weight is 344 g/mol. The van der Waals surface area contributed by atoms with E-state index in [-0.39, 0.29) is 10.8 Å². The van der Waals surface area contributed by atoms with Gasteiger partial charge in [0, 0.05) is 17.8 Å². The van der Waals surface area contributed by atoms with Gasteiger partial charge in [0.2, 0.25) is 5.91 Å². The molecule has 0 atom stereocenters. The molecule has 2 N–H and O–H groups in total. The van der Waals surface area contributed by atoms with E-state index in [1.165, 1.54) is 6.07 Å². The minimum absolute atomic E-state index is 0.0292. The van der Waals surface area contributed by atoms with Crippen molar-refractivity contribution in [3.8, 4) is 0 Å². The molecule has 0 bridgehead atoms. The summed E-state index contributed by atoms with van der Waals surface area (Å²) >= 11 is 0. The fourth-order valence-electron chi connectivity index (χ4n) is 2.74. The van der Waals surface area contributed by atoms with Gasteiger partial charge in [0.15, 0.2) is 0 Å². The summed E-state index contributed by atoms with van der Waals surface area (Å²) in [5.74, 6) is -0.0292. The Bertz CT molecular complexity index is 858. The second-order valence-corrected chi connectivity index (χ2v) is 7.56. The number of carbonyl (C=O) groups excluding carboxylic acids is 1. The third kappa shape index (κ3) is 3.59. The lowest BCUT2D eigenvalue weighted by atomic mass is 10.1. The van der Waals surface area contributed by atoms with Crippen LogP contribution < -0.4 is 10.0 Å². The summed E-state index contributed by atoms with van der Waals surface area (Å²) in [6.45, 7) is 2.05. The molecule has 1 aliphatic heterocycles. The first-order valence-corrected chi connectivity index (χ1v) is 9.51. The molecule has 24 heavy (non-hydrogen) atoms. The predicted octanol–water partition coefficient (Wildman–Crippen LogP) is 3.32. The highest BCUT2D eigenvalue weighted by atomic mass is 32.2. The van der Waals surface area contributed by atoms with Crippen LogP contribution in [0.25, 0.3) is 0 Å². The van der Waals surface area contributed by atoms with Gasteiger partial charge in [0.1, 0.15) is 0 Å². The standard InChI is InChI=1S/C18H20N2O3S/c1-2-13-6-8-15(9-7-13)20-24(22,23)16-10-11-17-14(12-16)4-3-5-18(21)19-17/h6-12,20H,2-5H2,1H3,(H,19,21). The largest absolute Gasteiger partial charge is 0.326 e. The van der Waals surface area contributed by atoms with Crippen molar-refractivity contribution >= 4 is 27.3 Å². The second kappa shape index (κ2) is 6.65. The maximum atomic E-state index is 12.6. The Balaban J connectivity index is 1.86. The van der Waals surface area contributed by atoms with Gasteiger partial charge < -0.3 is 5.32 Å². The average Bonchev–Trinajstić information content (AvgIpc) is 2.75. The summed E-state index contributed by atoms with van der Waals surface area (Å²) in [5.41, 5.74) is 3.24. The first-order chi connectivity index (χ1) is 11.5. The number of hydrogen-bond donors (Lipinski definition) is 2. The molecular formula is C18H20N2O3S. The quantitative estimate of drug-likeness (QED) is 0.893. The van der Waals surface area contributed by atoms with Crippen molar-refractivity contribution in [2.45, 2.75) is 37.5 Å². The highest BCUT2D eigenvalue weighted by Gasteiger charge is 2.19. The molecule has 0 saturated heterocycles. The molecule has 0 unspecified atom stereocenters. The van der Waals surface area contributed by atoms with Crippen LogP contribution in [0.15, 0.2) is 47.4 Å². The molecule has 0 aromatic heterocycles. The fourth-order valence-corrected chi connectivity index (χ4v) is 3.85. The first-order valence-electron chi connectivity index (χ1n) is 8.02. The Kier molecular flexibility index (Phi) is 4.57. The Hall–Kier alpha value is -2.34. The Morgan fingerprint density at radius 1 is 1.08 bits per heavy atom. The summed E-state index contributed by atoms with van der Waals surface area (Å²) < 4.78 is 27.8. The van der Waals surface area contributed by atoms with E-state index in [1.807, 2.05) is 19.1 Å². The molecule has 1 aliphatic rings. The molecule has 0 saturated carbocycles. The molecule has 0 radical (unpaired) electrons. The molecule has 3 rings (SSSR count). The lowest BCUT2D eigenvalue weighted by Gasteiger charge is -2.12. The van der Waals surface area contributed by atoms with Crippen LogP contribution in [0.2, 0.25) is 0 Å². The maximum Gasteiger partial charge on any atom is 0.261 e. The number of nitrogens with one attached hydrogen (secondary N) is 2. The number of amides is 1. The lowest BCUT2D eigenvalue weighted by Crippen LogP contribution is -2.14. The fraction of sp³-hybridized carbons (Fsp3) is 0.278. The van der Waals surface area contributed by atoms with Crippen molar-refractivity contribution in [1.29, 1.82) is 0 Å². The summed E-state index contributed by atoms with van der Waals surface area (Å²) in [7, 11) is -3.65. The maximum absolute atomic E-state index is 12.6. The molecule has 1 heterocycles. The Labute approximate surface area is 142 Å². The molecule has 2 aromatic carbocycles. The van der Waals surface area contributed by atoms with Crippen LogP contribution >= 0.6 is 0 Å². The van der Waals surface area contributed by atoms with Crippen LogP contribution in [-0.2, 0) is 27.7 Å². The molecule has 1 amide bonds. The lowest BCUT2D eigenvalue weighted by molar-refractivity contribution is -0.116. The van der Waals surface area contributed by atoms with Crippen LogP contribution in [0.3, 0.4) is 0 Å². The smallest absolute Gasteiger partial charge is 0.261 e. The summed E-state index contributed by atoms with van der Waals surface area (Å²) in [6, 6.07) is 12.2. The van der Waals surface area contributed by atoms with Gasteiger partial charge in [-0.05, 0) is 60.7 Å². The SMILES string of the molecule is CCc1ccc(NS(=O)(=O)c2ccc3c(c2)CCCC(=O)N3)cc1. The first kappa shape index (κ1) is 16.5. The van der Waals surface area contributed by atoms with E-state index >= 15 is 0 Å². The number of carbonyl (C=O) groups is 1. The van der Waals surface area contributed by atoms with Gasteiger partial charge in [0.05, 0.1) is 4.90 Å². The van der Waals surface area contributed by atoms with Crippen LogP contribution in [-0.4, -0.2) is 14.3 Å². The highest BCUT2D eigenvalue weighted by Crippen LogP contribution is 2.26. The van der Waals surface area contributed by atoms with Crippen LogP contribution in [0.5, 0.6) is 0 Å². The van der Waals surface area contributed by atoms with E-state index in [9.17, 15) is 13.2 Å². The van der Waals surface area contributed by atoms with E-state index in [4.69, 9.17) is 0 Å². The second-order valence-electron chi connectivity index (χ2n) is 5.88. The van der Waals surface area contributed by atoms with Crippen LogP contribution in [0.1, 0.15) is 30.9 Å². The summed E-state index contributed by atoms with van der Waals surface area (Å²) in [4.78, 5) is 11.8. The van der Waals surface area contributed by atoms with Crippen LogP contribution in [0, 0.1) is 0 Å². The third-order valence-corrected chi connectivity index (χ3v) is 5.50. The van der Waals surface area contributed by atoms with Gasteiger partial charge in [-0.2, -0.15) is 0 Å². The molecular weight excluding hydrogens is 324 g/mol. The van der Waals surface area contributed by atoms with Gasteiger partial charge in [-0.3, -0.25) is 9.52 Å². The number of anilines is 2. The van der Waals surface area contributed by atoms with E-state index in [2.05, 4.69) is 10.0 Å². The summed E-state index contributed by atoms with van der Waals surface area (Å²) in [6.07, 6.45) is 2.76. The number of fused-ring (bicyclic) bond motifs is 1. The molecule has 126 valence electrons. The zero-order valence-corrected chi connectivity index (χ0v) is 14.3. The van der Waals surface area contributed by atoms with Gasteiger partial charge in [-0.15, -0.1) is 0 Å². The van der Waals surface area contributed by atoms with E-state index in [0.29, 0.717) is 30.6 Å². The Morgan fingerprint density at radius 2 is 1.83 bits per heavy atom. The van der Waals surface area contributed by atoms with Crippen molar-refractivity contribution in [1.82, 2.24) is 0 Å². The topological polar surface area (TPSA) is 75.3 Å². The predicted molar refractivity (Wildman–Crippen MR) is 94.6 cm³/mol. The Morgan fingerprint density at radius 3 is 2.54 bits per heavy atom.